The van der Waals surface area contributed by atoms with Crippen molar-refractivity contribution < 1.29 is 4.79 Å². The average molecular weight is 505 g/mol. The molecule has 0 saturated heterocycles. The van der Waals surface area contributed by atoms with Gasteiger partial charge in [0.25, 0.3) is 0 Å². The highest BCUT2D eigenvalue weighted by molar-refractivity contribution is 5.89. The fourth-order valence-corrected chi connectivity index (χ4v) is 7.11. The molecule has 0 unspecified atom stereocenters. The highest BCUT2D eigenvalue weighted by Crippen LogP contribution is 2.53. The summed E-state index contributed by atoms with van der Waals surface area (Å²) in [6, 6.07) is 2.20. The molecule has 7 rings (SSSR count). The van der Waals surface area contributed by atoms with E-state index >= 15 is 0 Å². The number of nitrogens with one attached hydrogen (secondary N) is 1. The minimum absolute atomic E-state index is 0.00904. The second-order valence-corrected chi connectivity index (χ2v) is 12.2. The molecule has 9 heteroatoms. The number of amides is 1. The molecule has 0 atom stereocenters. The maximum absolute atomic E-state index is 12.5. The van der Waals surface area contributed by atoms with Crippen molar-refractivity contribution in [2.75, 3.05) is 32.1 Å². The smallest absolute Gasteiger partial charge is 0.234 e. The number of rotatable bonds is 6. The molecule has 1 aliphatic heterocycles. The summed E-state index contributed by atoms with van der Waals surface area (Å²) in [4.78, 5) is 21.6. The molecule has 9 nitrogen and oxygen atoms in total. The first kappa shape index (κ1) is 24.4. The Labute approximate surface area is 219 Å². The molecule has 198 valence electrons. The Hall–Kier alpha value is -2.94. The van der Waals surface area contributed by atoms with E-state index in [2.05, 4.69) is 39.9 Å². The van der Waals surface area contributed by atoms with Gasteiger partial charge in [0.15, 0.2) is 5.65 Å². The maximum atomic E-state index is 12.5. The molecule has 4 aliphatic rings. The van der Waals surface area contributed by atoms with Gasteiger partial charge in [-0.1, -0.05) is 0 Å². The average Bonchev–Trinajstić information content (AvgIpc) is 3.38. The standard InChI is InChI=1S/C28H40N8O/c1-19-14-24(21-15-29-34(5)26(21)30-19)35-13-6-23-22(16-35)20(2)32-36(23)18-27-7-10-28(11-8-27,12-9-27)31-25(37)17-33(3)4/h14-15H,6-13,16-18H2,1-5H3,(H,31,37). The van der Waals surface area contributed by atoms with E-state index in [-0.39, 0.29) is 11.4 Å². The highest BCUT2D eigenvalue weighted by Gasteiger charge is 2.49. The zero-order valence-corrected chi connectivity index (χ0v) is 23.0. The Balaban J connectivity index is 1.18. The van der Waals surface area contributed by atoms with E-state index < -0.39 is 0 Å². The number of nitrogens with zero attached hydrogens (tertiary/aromatic N) is 7. The van der Waals surface area contributed by atoms with E-state index in [1.165, 1.54) is 36.2 Å². The first-order valence-electron chi connectivity index (χ1n) is 13.7. The second kappa shape index (κ2) is 8.82. The third kappa shape index (κ3) is 4.31. The van der Waals surface area contributed by atoms with E-state index in [4.69, 9.17) is 10.1 Å². The van der Waals surface area contributed by atoms with Gasteiger partial charge < -0.3 is 15.1 Å². The molecule has 3 aromatic rings. The lowest BCUT2D eigenvalue weighted by atomic mass is 9.57. The van der Waals surface area contributed by atoms with Gasteiger partial charge in [-0.15, -0.1) is 0 Å². The summed E-state index contributed by atoms with van der Waals surface area (Å²) in [5.74, 6) is 0.161. The number of anilines is 1. The fourth-order valence-electron chi connectivity index (χ4n) is 7.11. The minimum atomic E-state index is 0.00904. The van der Waals surface area contributed by atoms with Crippen LogP contribution in [0.1, 0.15) is 61.2 Å². The van der Waals surface area contributed by atoms with Gasteiger partial charge in [-0.05, 0) is 77.9 Å². The Bertz CT molecular complexity index is 1330. The van der Waals surface area contributed by atoms with Gasteiger partial charge in [0.1, 0.15) is 0 Å². The van der Waals surface area contributed by atoms with Gasteiger partial charge >= 0.3 is 0 Å². The quantitative estimate of drug-likeness (QED) is 0.555. The molecule has 4 heterocycles. The molecule has 37 heavy (non-hydrogen) atoms. The lowest BCUT2D eigenvalue weighted by Gasteiger charge is -2.53. The Morgan fingerprint density at radius 2 is 1.86 bits per heavy atom. The van der Waals surface area contributed by atoms with E-state index in [0.717, 1.165) is 67.7 Å². The molecule has 3 aliphatic carbocycles. The second-order valence-electron chi connectivity index (χ2n) is 12.2. The van der Waals surface area contributed by atoms with Gasteiger partial charge in [-0.3, -0.25) is 14.2 Å². The number of likely N-dealkylation sites (N-methyl/N-ethyl adjacent to an activating group) is 1. The summed E-state index contributed by atoms with van der Waals surface area (Å²) in [6.07, 6.45) is 9.72. The molecule has 1 N–H and O–H groups in total. The largest absolute Gasteiger partial charge is 0.366 e. The number of carbonyl (C=O) groups is 1. The Morgan fingerprint density at radius 3 is 2.57 bits per heavy atom. The van der Waals surface area contributed by atoms with Crippen LogP contribution in [-0.2, 0) is 31.4 Å². The summed E-state index contributed by atoms with van der Waals surface area (Å²) in [5.41, 5.74) is 7.45. The van der Waals surface area contributed by atoms with Crippen LogP contribution in [0.3, 0.4) is 0 Å². The van der Waals surface area contributed by atoms with Gasteiger partial charge in [-0.2, -0.15) is 10.2 Å². The zero-order chi connectivity index (χ0) is 25.9. The van der Waals surface area contributed by atoms with Crippen LogP contribution in [0.15, 0.2) is 12.3 Å². The van der Waals surface area contributed by atoms with Crippen LogP contribution in [-0.4, -0.2) is 68.1 Å². The van der Waals surface area contributed by atoms with Crippen LogP contribution in [0.5, 0.6) is 0 Å². The number of aromatic nitrogens is 5. The van der Waals surface area contributed by atoms with Crippen molar-refractivity contribution in [3.63, 3.8) is 0 Å². The maximum Gasteiger partial charge on any atom is 0.234 e. The summed E-state index contributed by atoms with van der Waals surface area (Å²) >= 11 is 0. The Kier molecular flexibility index (Phi) is 5.82. The molecule has 3 fully saturated rings. The number of pyridine rings is 1. The van der Waals surface area contributed by atoms with Gasteiger partial charge in [0.05, 0.1) is 29.5 Å². The molecule has 2 bridgehead atoms. The van der Waals surface area contributed by atoms with Crippen LogP contribution in [0.2, 0.25) is 0 Å². The Morgan fingerprint density at radius 1 is 1.14 bits per heavy atom. The minimum Gasteiger partial charge on any atom is -0.366 e. The van der Waals surface area contributed by atoms with Crippen molar-refractivity contribution in [3.05, 3.63) is 34.9 Å². The van der Waals surface area contributed by atoms with Crippen molar-refractivity contribution in [3.8, 4) is 0 Å². The molecule has 0 aromatic carbocycles. The molecule has 0 spiro atoms. The van der Waals surface area contributed by atoms with Crippen LogP contribution in [0.25, 0.3) is 11.0 Å². The predicted molar refractivity (Wildman–Crippen MR) is 145 cm³/mol. The van der Waals surface area contributed by atoms with Crippen LogP contribution in [0, 0.1) is 19.3 Å². The summed E-state index contributed by atoms with van der Waals surface area (Å²) < 4.78 is 4.21. The predicted octanol–water partition coefficient (Wildman–Crippen LogP) is 3.12. The topological polar surface area (TPSA) is 84.1 Å². The van der Waals surface area contributed by atoms with Crippen molar-refractivity contribution in [2.24, 2.45) is 12.5 Å². The van der Waals surface area contributed by atoms with E-state index in [9.17, 15) is 4.79 Å². The number of carbonyl (C=O) groups excluding carboxylic acids is 1. The fraction of sp³-hybridized carbons (Fsp3) is 0.643. The van der Waals surface area contributed by atoms with Crippen LogP contribution >= 0.6 is 0 Å². The number of aryl methyl sites for hydroxylation is 3. The van der Waals surface area contributed by atoms with E-state index in [0.29, 0.717) is 12.0 Å². The lowest BCUT2D eigenvalue weighted by Crippen LogP contribution is -2.58. The lowest BCUT2D eigenvalue weighted by molar-refractivity contribution is -0.126. The molecule has 1 amide bonds. The number of hydrogen-bond donors (Lipinski definition) is 1. The van der Waals surface area contributed by atoms with Gasteiger partial charge in [-0.25, -0.2) is 4.98 Å². The summed E-state index contributed by atoms with van der Waals surface area (Å²) in [5, 5.41) is 14.1. The van der Waals surface area contributed by atoms with Crippen LogP contribution < -0.4 is 10.2 Å². The van der Waals surface area contributed by atoms with Crippen LogP contribution in [0.4, 0.5) is 5.69 Å². The first-order valence-corrected chi connectivity index (χ1v) is 13.7. The van der Waals surface area contributed by atoms with Crippen molar-refractivity contribution in [1.29, 1.82) is 0 Å². The highest BCUT2D eigenvalue weighted by atomic mass is 16.2. The third-order valence-corrected chi connectivity index (χ3v) is 9.24. The van der Waals surface area contributed by atoms with Gasteiger partial charge in [0.2, 0.25) is 5.91 Å². The number of fused-ring (bicyclic) bond motifs is 5. The normalized spacial score (nSPS) is 25.2. The molecule has 3 aromatic heterocycles. The van der Waals surface area contributed by atoms with Crippen molar-refractivity contribution >= 4 is 22.6 Å². The molecular formula is C28H40N8O. The summed E-state index contributed by atoms with van der Waals surface area (Å²) in [7, 11) is 5.86. The van der Waals surface area contributed by atoms with E-state index in [1.54, 1.807) is 0 Å². The number of hydrogen-bond acceptors (Lipinski definition) is 6. The van der Waals surface area contributed by atoms with E-state index in [1.807, 2.05) is 36.9 Å². The summed E-state index contributed by atoms with van der Waals surface area (Å²) in [6.45, 7) is 7.55. The van der Waals surface area contributed by atoms with Gasteiger partial charge in [0, 0.05) is 55.6 Å². The SMILES string of the molecule is Cc1cc(N2CCc3c(c(C)nn3CC34CCC(NC(=O)CN(C)C)(CC3)CC4)C2)c2cnn(C)c2n1. The molecule has 3 saturated carbocycles. The third-order valence-electron chi connectivity index (χ3n) is 9.24. The first-order chi connectivity index (χ1) is 17.7. The molecule has 0 radical (unpaired) electrons. The van der Waals surface area contributed by atoms with Crippen molar-refractivity contribution in [2.45, 2.75) is 77.4 Å². The molecular weight excluding hydrogens is 464 g/mol. The monoisotopic (exact) mass is 504 g/mol. The van der Waals surface area contributed by atoms with Crippen molar-refractivity contribution in [1.82, 2.24) is 34.8 Å². The zero-order valence-electron chi connectivity index (χ0n) is 23.0.